The van der Waals surface area contributed by atoms with Crippen LogP contribution in [0.4, 0.5) is 0 Å². The number of rotatable bonds is 4. The van der Waals surface area contributed by atoms with Crippen LogP contribution in [0.15, 0.2) is 36.4 Å². The molecule has 0 aromatic heterocycles. The Morgan fingerprint density at radius 2 is 2.11 bits per heavy atom. The van der Waals surface area contributed by atoms with Crippen LogP contribution in [0.25, 0.3) is 5.57 Å². The number of carbonyl (C=O) groups excluding carboxylic acids is 1. The topological polar surface area (TPSA) is 46.3 Å². The molecule has 2 N–H and O–H groups in total. The Hall–Kier alpha value is -1.61. The first-order chi connectivity index (χ1) is 9.16. The van der Waals surface area contributed by atoms with Gasteiger partial charge in [0.15, 0.2) is 0 Å². The molecule has 0 aliphatic carbocycles. The fourth-order valence-corrected chi connectivity index (χ4v) is 2.32. The van der Waals surface area contributed by atoms with E-state index >= 15 is 0 Å². The van der Waals surface area contributed by atoms with Gasteiger partial charge < -0.3 is 10.6 Å². The van der Waals surface area contributed by atoms with Gasteiger partial charge in [0.2, 0.25) is 5.91 Å². The number of nitrogens with two attached hydrogens (primary N) is 1. The highest BCUT2D eigenvalue weighted by Crippen LogP contribution is 2.22. The fraction of sp³-hybridized carbons (Fsp3) is 0.438. The van der Waals surface area contributed by atoms with Gasteiger partial charge >= 0.3 is 0 Å². The monoisotopic (exact) mass is 258 g/mol. The molecule has 0 saturated carbocycles. The Labute approximate surface area is 115 Å². The van der Waals surface area contributed by atoms with Crippen LogP contribution in [0, 0.1) is 0 Å². The quantitative estimate of drug-likeness (QED) is 0.901. The van der Waals surface area contributed by atoms with E-state index in [2.05, 4.69) is 30.3 Å². The fourth-order valence-electron chi connectivity index (χ4n) is 2.32. The first kappa shape index (κ1) is 13.8. The lowest BCUT2D eigenvalue weighted by Crippen LogP contribution is -2.35. The van der Waals surface area contributed by atoms with E-state index in [-0.39, 0.29) is 11.9 Å². The van der Waals surface area contributed by atoms with E-state index < -0.39 is 0 Å². The van der Waals surface area contributed by atoms with Gasteiger partial charge in [-0.3, -0.25) is 4.79 Å². The van der Waals surface area contributed by atoms with Crippen molar-refractivity contribution in [1.29, 1.82) is 0 Å². The van der Waals surface area contributed by atoms with Crippen molar-refractivity contribution in [3.63, 3.8) is 0 Å². The summed E-state index contributed by atoms with van der Waals surface area (Å²) in [5.41, 5.74) is 8.30. The summed E-state index contributed by atoms with van der Waals surface area (Å²) in [4.78, 5) is 13.9. The molecule has 19 heavy (non-hydrogen) atoms. The Kier molecular flexibility index (Phi) is 4.74. The molecule has 1 atom stereocenters. The molecule has 1 aromatic rings. The van der Waals surface area contributed by atoms with Gasteiger partial charge in [-0.15, -0.1) is 0 Å². The third-order valence-corrected chi connectivity index (χ3v) is 3.52. The summed E-state index contributed by atoms with van der Waals surface area (Å²) in [6, 6.07) is 10.5. The van der Waals surface area contributed by atoms with E-state index in [1.54, 1.807) is 0 Å². The SMILES string of the molecule is CC(N)CCC(=O)N1CC=C(c2ccccc2)CC1. The largest absolute Gasteiger partial charge is 0.339 e. The summed E-state index contributed by atoms with van der Waals surface area (Å²) in [6.07, 6.45) is 4.44. The molecule has 1 unspecified atom stereocenters. The first-order valence-corrected chi connectivity index (χ1v) is 6.94. The standard InChI is InChI=1S/C16H22N2O/c1-13(17)7-8-16(19)18-11-9-15(10-12-18)14-5-3-2-4-6-14/h2-6,9,13H,7-8,10-12,17H2,1H3. The highest BCUT2D eigenvalue weighted by molar-refractivity contribution is 5.78. The average Bonchev–Trinajstić information content (AvgIpc) is 2.46. The Balaban J connectivity index is 1.91. The zero-order valence-corrected chi connectivity index (χ0v) is 11.5. The van der Waals surface area contributed by atoms with Crippen LogP contribution in [0.1, 0.15) is 31.7 Å². The average molecular weight is 258 g/mol. The smallest absolute Gasteiger partial charge is 0.222 e. The molecule has 1 heterocycles. The van der Waals surface area contributed by atoms with Crippen molar-refractivity contribution in [3.05, 3.63) is 42.0 Å². The molecule has 2 rings (SSSR count). The predicted molar refractivity (Wildman–Crippen MR) is 78.5 cm³/mol. The van der Waals surface area contributed by atoms with Crippen molar-refractivity contribution in [2.24, 2.45) is 5.73 Å². The molecular formula is C16H22N2O. The van der Waals surface area contributed by atoms with E-state index in [0.29, 0.717) is 6.42 Å². The van der Waals surface area contributed by atoms with Gasteiger partial charge in [0.05, 0.1) is 0 Å². The van der Waals surface area contributed by atoms with Crippen LogP contribution < -0.4 is 5.73 Å². The summed E-state index contributed by atoms with van der Waals surface area (Å²) >= 11 is 0. The van der Waals surface area contributed by atoms with Gasteiger partial charge in [0.1, 0.15) is 0 Å². The zero-order chi connectivity index (χ0) is 13.7. The minimum atomic E-state index is 0.101. The maximum atomic E-state index is 12.0. The summed E-state index contributed by atoms with van der Waals surface area (Å²) in [5.74, 6) is 0.223. The van der Waals surface area contributed by atoms with Gasteiger partial charge in [-0.05, 0) is 30.9 Å². The van der Waals surface area contributed by atoms with Crippen molar-refractivity contribution in [2.75, 3.05) is 13.1 Å². The molecule has 102 valence electrons. The number of nitrogens with zero attached hydrogens (tertiary/aromatic N) is 1. The summed E-state index contributed by atoms with van der Waals surface area (Å²) in [7, 11) is 0. The molecule has 1 aliphatic heterocycles. The maximum absolute atomic E-state index is 12.0. The number of carbonyl (C=O) groups is 1. The first-order valence-electron chi connectivity index (χ1n) is 6.94. The maximum Gasteiger partial charge on any atom is 0.222 e. The molecular weight excluding hydrogens is 236 g/mol. The molecule has 1 aromatic carbocycles. The van der Waals surface area contributed by atoms with Crippen LogP contribution in [0.2, 0.25) is 0 Å². The number of benzene rings is 1. The molecule has 0 saturated heterocycles. The third kappa shape index (κ3) is 3.93. The zero-order valence-electron chi connectivity index (χ0n) is 11.5. The molecule has 1 aliphatic rings. The lowest BCUT2D eigenvalue weighted by molar-refractivity contribution is -0.130. The molecule has 0 spiro atoms. The Bertz CT molecular complexity index is 451. The van der Waals surface area contributed by atoms with Crippen LogP contribution in [-0.4, -0.2) is 29.9 Å². The molecule has 3 heteroatoms. The second-order valence-corrected chi connectivity index (χ2v) is 5.20. The molecule has 0 fully saturated rings. The molecule has 0 radical (unpaired) electrons. The summed E-state index contributed by atoms with van der Waals surface area (Å²) in [5, 5.41) is 0. The van der Waals surface area contributed by atoms with Crippen molar-refractivity contribution in [2.45, 2.75) is 32.2 Å². The number of amides is 1. The Morgan fingerprint density at radius 1 is 1.37 bits per heavy atom. The normalized spacial score (nSPS) is 16.9. The lowest BCUT2D eigenvalue weighted by atomic mass is 9.99. The van der Waals surface area contributed by atoms with Crippen LogP contribution in [0.5, 0.6) is 0 Å². The van der Waals surface area contributed by atoms with Crippen LogP contribution >= 0.6 is 0 Å². The van der Waals surface area contributed by atoms with E-state index in [4.69, 9.17) is 5.73 Å². The molecule has 3 nitrogen and oxygen atoms in total. The van der Waals surface area contributed by atoms with E-state index in [1.807, 2.05) is 17.9 Å². The molecule has 0 bridgehead atoms. The van der Waals surface area contributed by atoms with Gasteiger partial charge in [-0.25, -0.2) is 0 Å². The molecule has 1 amide bonds. The van der Waals surface area contributed by atoms with E-state index in [9.17, 15) is 4.79 Å². The summed E-state index contributed by atoms with van der Waals surface area (Å²) < 4.78 is 0. The second-order valence-electron chi connectivity index (χ2n) is 5.20. The van der Waals surface area contributed by atoms with E-state index in [0.717, 1.165) is 25.9 Å². The van der Waals surface area contributed by atoms with Gasteiger partial charge in [-0.2, -0.15) is 0 Å². The van der Waals surface area contributed by atoms with Gasteiger partial charge in [-0.1, -0.05) is 36.4 Å². The van der Waals surface area contributed by atoms with Crippen molar-refractivity contribution >= 4 is 11.5 Å². The minimum Gasteiger partial charge on any atom is -0.339 e. The van der Waals surface area contributed by atoms with Gasteiger partial charge in [0.25, 0.3) is 0 Å². The van der Waals surface area contributed by atoms with E-state index in [1.165, 1.54) is 11.1 Å². The predicted octanol–water partition coefficient (Wildman–Crippen LogP) is 2.43. The van der Waals surface area contributed by atoms with Crippen molar-refractivity contribution in [3.8, 4) is 0 Å². The van der Waals surface area contributed by atoms with Crippen LogP contribution in [-0.2, 0) is 4.79 Å². The highest BCUT2D eigenvalue weighted by Gasteiger charge is 2.17. The lowest BCUT2D eigenvalue weighted by Gasteiger charge is -2.27. The number of hydrogen-bond donors (Lipinski definition) is 1. The summed E-state index contributed by atoms with van der Waals surface area (Å²) in [6.45, 7) is 3.48. The minimum absolute atomic E-state index is 0.101. The Morgan fingerprint density at radius 3 is 2.68 bits per heavy atom. The van der Waals surface area contributed by atoms with Gasteiger partial charge in [0, 0.05) is 25.6 Å². The van der Waals surface area contributed by atoms with Crippen molar-refractivity contribution in [1.82, 2.24) is 4.90 Å². The van der Waals surface area contributed by atoms with Crippen LogP contribution in [0.3, 0.4) is 0 Å². The third-order valence-electron chi connectivity index (χ3n) is 3.52. The number of hydrogen-bond acceptors (Lipinski definition) is 2. The second kappa shape index (κ2) is 6.53. The van der Waals surface area contributed by atoms with Crippen molar-refractivity contribution < 1.29 is 4.79 Å². The highest BCUT2D eigenvalue weighted by atomic mass is 16.2.